The molecule has 0 radical (unpaired) electrons. The summed E-state index contributed by atoms with van der Waals surface area (Å²) in [5.41, 5.74) is 5.52. The minimum Gasteiger partial charge on any atom is -0.354 e. The van der Waals surface area contributed by atoms with E-state index < -0.39 is 0 Å². The maximum absolute atomic E-state index is 12.6. The highest BCUT2D eigenvalue weighted by atomic mass is 16.1. The average molecular weight is 374 g/mol. The molecule has 3 rings (SSSR count). The molecule has 0 atom stereocenters. The number of aryl methyl sites for hydroxylation is 4. The van der Waals surface area contributed by atoms with E-state index in [-0.39, 0.29) is 5.91 Å². The Balaban J connectivity index is 1.60. The fourth-order valence-electron chi connectivity index (χ4n) is 2.92. The predicted octanol–water partition coefficient (Wildman–Crippen LogP) is 4.70. The Morgan fingerprint density at radius 3 is 2.46 bits per heavy atom. The summed E-state index contributed by atoms with van der Waals surface area (Å²) < 4.78 is 0. The van der Waals surface area contributed by atoms with Crippen molar-refractivity contribution < 1.29 is 4.79 Å². The van der Waals surface area contributed by atoms with Gasteiger partial charge in [0.2, 0.25) is 5.95 Å². The van der Waals surface area contributed by atoms with Gasteiger partial charge in [-0.25, -0.2) is 9.97 Å². The van der Waals surface area contributed by atoms with Gasteiger partial charge in [0.25, 0.3) is 5.91 Å². The molecule has 1 amide bonds. The first-order chi connectivity index (χ1) is 13.5. The van der Waals surface area contributed by atoms with Crippen molar-refractivity contribution in [2.45, 2.75) is 33.6 Å². The number of anilines is 2. The number of amides is 1. The van der Waals surface area contributed by atoms with Crippen LogP contribution in [0.1, 0.15) is 39.3 Å². The third-order valence-corrected chi connectivity index (χ3v) is 4.62. The Kier molecular flexibility index (Phi) is 6.37. The van der Waals surface area contributed by atoms with Crippen LogP contribution in [0.4, 0.5) is 11.6 Å². The van der Waals surface area contributed by atoms with Gasteiger partial charge in [0.15, 0.2) is 0 Å². The Hall–Kier alpha value is -3.21. The lowest BCUT2D eigenvalue weighted by molar-refractivity contribution is 0.102. The van der Waals surface area contributed by atoms with Crippen molar-refractivity contribution in [2.24, 2.45) is 0 Å². The summed E-state index contributed by atoms with van der Waals surface area (Å²) >= 11 is 0. The number of benzene rings is 2. The number of hydrogen-bond acceptors (Lipinski definition) is 4. The minimum atomic E-state index is -0.235. The van der Waals surface area contributed by atoms with Gasteiger partial charge in [-0.3, -0.25) is 4.79 Å². The largest absolute Gasteiger partial charge is 0.354 e. The quantitative estimate of drug-likeness (QED) is 0.588. The van der Waals surface area contributed by atoms with Gasteiger partial charge in [0, 0.05) is 17.9 Å². The monoisotopic (exact) mass is 374 g/mol. The second-order valence-corrected chi connectivity index (χ2v) is 6.99. The van der Waals surface area contributed by atoms with Crippen LogP contribution in [0.25, 0.3) is 0 Å². The van der Waals surface area contributed by atoms with Gasteiger partial charge in [-0.15, -0.1) is 0 Å². The molecule has 0 aliphatic carbocycles. The molecule has 0 spiro atoms. The summed E-state index contributed by atoms with van der Waals surface area (Å²) in [4.78, 5) is 21.4. The van der Waals surface area contributed by atoms with E-state index >= 15 is 0 Å². The molecule has 1 heterocycles. The summed E-state index contributed by atoms with van der Waals surface area (Å²) in [6, 6.07) is 17.9. The van der Waals surface area contributed by atoms with Crippen molar-refractivity contribution >= 4 is 17.5 Å². The Labute approximate surface area is 166 Å². The van der Waals surface area contributed by atoms with Crippen LogP contribution < -0.4 is 10.6 Å². The van der Waals surface area contributed by atoms with Crippen LogP contribution in [0.2, 0.25) is 0 Å². The van der Waals surface area contributed by atoms with Gasteiger partial charge in [-0.1, -0.05) is 36.4 Å². The van der Waals surface area contributed by atoms with Crippen molar-refractivity contribution in [3.8, 4) is 0 Å². The Morgan fingerprint density at radius 2 is 1.71 bits per heavy atom. The normalized spacial score (nSPS) is 10.5. The maximum atomic E-state index is 12.6. The number of carbonyl (C=O) groups is 1. The van der Waals surface area contributed by atoms with Crippen molar-refractivity contribution in [1.82, 2.24) is 9.97 Å². The second kappa shape index (κ2) is 9.13. The van der Waals surface area contributed by atoms with Gasteiger partial charge in [-0.05, 0) is 68.5 Å². The van der Waals surface area contributed by atoms with E-state index in [0.717, 1.165) is 36.3 Å². The zero-order chi connectivity index (χ0) is 19.9. The van der Waals surface area contributed by atoms with E-state index in [1.54, 1.807) is 6.07 Å². The molecule has 0 fully saturated rings. The number of nitrogens with zero attached hydrogens (tertiary/aromatic N) is 2. The summed E-state index contributed by atoms with van der Waals surface area (Å²) in [5, 5.41) is 6.14. The highest BCUT2D eigenvalue weighted by molar-refractivity contribution is 6.03. The fourth-order valence-corrected chi connectivity index (χ4v) is 2.92. The zero-order valence-electron chi connectivity index (χ0n) is 16.6. The maximum Gasteiger partial charge on any atom is 0.274 e. The Bertz CT molecular complexity index is 954. The average Bonchev–Trinajstić information content (AvgIpc) is 2.68. The Morgan fingerprint density at radius 1 is 0.929 bits per heavy atom. The van der Waals surface area contributed by atoms with Crippen LogP contribution >= 0.6 is 0 Å². The van der Waals surface area contributed by atoms with Gasteiger partial charge in [0.05, 0.1) is 0 Å². The van der Waals surface area contributed by atoms with Gasteiger partial charge < -0.3 is 10.6 Å². The third kappa shape index (κ3) is 5.39. The summed E-state index contributed by atoms with van der Waals surface area (Å²) in [5.74, 6) is 0.249. The van der Waals surface area contributed by atoms with Crippen LogP contribution in [-0.4, -0.2) is 22.4 Å². The van der Waals surface area contributed by atoms with Crippen LogP contribution in [-0.2, 0) is 6.42 Å². The molecule has 1 aromatic heterocycles. The first kappa shape index (κ1) is 19.5. The molecule has 5 heteroatoms. The number of nitrogens with one attached hydrogen (secondary N) is 2. The first-order valence-corrected chi connectivity index (χ1v) is 9.53. The lowest BCUT2D eigenvalue weighted by Gasteiger charge is -2.10. The van der Waals surface area contributed by atoms with Crippen molar-refractivity contribution in [3.63, 3.8) is 0 Å². The van der Waals surface area contributed by atoms with Crippen molar-refractivity contribution in [1.29, 1.82) is 0 Å². The number of carbonyl (C=O) groups excluding carboxylic acids is 1. The third-order valence-electron chi connectivity index (χ3n) is 4.62. The van der Waals surface area contributed by atoms with Crippen LogP contribution in [0, 0.1) is 20.8 Å². The standard InChI is InChI=1S/C23H26N4O/c1-16-11-12-20(14-17(16)2)26-22(28)21-15-18(3)25-23(27-21)24-13-7-10-19-8-5-4-6-9-19/h4-6,8-9,11-12,14-15H,7,10,13H2,1-3H3,(H,26,28)(H,24,25,27). The molecule has 0 aliphatic heterocycles. The fraction of sp³-hybridized carbons (Fsp3) is 0.261. The molecule has 0 aliphatic rings. The molecule has 2 N–H and O–H groups in total. The van der Waals surface area contributed by atoms with Crippen LogP contribution in [0.5, 0.6) is 0 Å². The molecule has 3 aromatic rings. The van der Waals surface area contributed by atoms with Crippen molar-refractivity contribution in [2.75, 3.05) is 17.2 Å². The van der Waals surface area contributed by atoms with Gasteiger partial charge in [-0.2, -0.15) is 0 Å². The predicted molar refractivity (Wildman–Crippen MR) is 114 cm³/mol. The molecule has 5 nitrogen and oxygen atoms in total. The molecule has 0 bridgehead atoms. The van der Waals surface area contributed by atoms with Crippen LogP contribution in [0.3, 0.4) is 0 Å². The summed E-state index contributed by atoms with van der Waals surface area (Å²) in [6.07, 6.45) is 1.95. The van der Waals surface area contributed by atoms with E-state index in [9.17, 15) is 4.79 Å². The first-order valence-electron chi connectivity index (χ1n) is 9.53. The van der Waals surface area contributed by atoms with E-state index in [4.69, 9.17) is 0 Å². The minimum absolute atomic E-state index is 0.235. The van der Waals surface area contributed by atoms with Crippen LogP contribution in [0.15, 0.2) is 54.6 Å². The molecule has 0 saturated carbocycles. The summed E-state index contributed by atoms with van der Waals surface area (Å²) in [7, 11) is 0. The second-order valence-electron chi connectivity index (χ2n) is 6.99. The lowest BCUT2D eigenvalue weighted by atomic mass is 10.1. The molecular weight excluding hydrogens is 348 g/mol. The SMILES string of the molecule is Cc1cc(C(=O)Nc2ccc(C)c(C)c2)nc(NCCCc2ccccc2)n1. The molecule has 144 valence electrons. The summed E-state index contributed by atoms with van der Waals surface area (Å²) in [6.45, 7) is 6.68. The van der Waals surface area contributed by atoms with E-state index in [0.29, 0.717) is 11.6 Å². The van der Waals surface area contributed by atoms with E-state index in [2.05, 4.69) is 32.7 Å². The van der Waals surface area contributed by atoms with Crippen molar-refractivity contribution in [3.05, 3.63) is 82.7 Å². The van der Waals surface area contributed by atoms with E-state index in [1.165, 1.54) is 11.1 Å². The lowest BCUT2D eigenvalue weighted by Crippen LogP contribution is -2.16. The molecule has 2 aromatic carbocycles. The number of hydrogen-bond donors (Lipinski definition) is 2. The smallest absolute Gasteiger partial charge is 0.274 e. The topological polar surface area (TPSA) is 66.9 Å². The van der Waals surface area contributed by atoms with Gasteiger partial charge >= 0.3 is 0 Å². The molecule has 28 heavy (non-hydrogen) atoms. The molecule has 0 saturated heterocycles. The highest BCUT2D eigenvalue weighted by Crippen LogP contribution is 2.15. The van der Waals surface area contributed by atoms with E-state index in [1.807, 2.05) is 57.2 Å². The highest BCUT2D eigenvalue weighted by Gasteiger charge is 2.11. The number of rotatable bonds is 7. The zero-order valence-corrected chi connectivity index (χ0v) is 16.6. The molecule has 0 unspecified atom stereocenters. The number of aromatic nitrogens is 2. The molecular formula is C23H26N4O. The van der Waals surface area contributed by atoms with Gasteiger partial charge in [0.1, 0.15) is 5.69 Å².